The number of methoxy groups -OCH3 is 1. The Balaban J connectivity index is 1.29. The molecule has 7 heteroatoms. The van der Waals surface area contributed by atoms with Gasteiger partial charge in [0.15, 0.2) is 5.82 Å². The highest BCUT2D eigenvalue weighted by Crippen LogP contribution is 2.27. The molecule has 2 fully saturated rings. The molecule has 0 amide bonds. The zero-order valence-electron chi connectivity index (χ0n) is 15.6. The maximum atomic E-state index is 13.0. The van der Waals surface area contributed by atoms with Gasteiger partial charge in [-0.2, -0.15) is 0 Å². The highest BCUT2D eigenvalue weighted by Gasteiger charge is 2.33. The van der Waals surface area contributed by atoms with Crippen LogP contribution >= 0.6 is 0 Å². The summed E-state index contributed by atoms with van der Waals surface area (Å²) in [7, 11) is 1.66. The summed E-state index contributed by atoms with van der Waals surface area (Å²) in [6, 6.07) is 8.26. The molecule has 144 valence electrons. The van der Waals surface area contributed by atoms with Crippen molar-refractivity contribution in [1.82, 2.24) is 14.9 Å². The van der Waals surface area contributed by atoms with E-state index < -0.39 is 5.82 Å². The highest BCUT2D eigenvalue weighted by molar-refractivity contribution is 5.33. The van der Waals surface area contributed by atoms with Crippen molar-refractivity contribution in [1.29, 1.82) is 0 Å². The molecule has 0 spiro atoms. The molecular weight excluding hydrogens is 347 g/mol. The van der Waals surface area contributed by atoms with E-state index in [1.54, 1.807) is 7.11 Å². The Bertz CT molecular complexity index is 758. The van der Waals surface area contributed by atoms with E-state index in [9.17, 15) is 4.39 Å². The minimum atomic E-state index is -0.395. The summed E-state index contributed by atoms with van der Waals surface area (Å²) in [4.78, 5) is 13.0. The second kappa shape index (κ2) is 8.08. The predicted octanol–water partition coefficient (Wildman–Crippen LogP) is 2.60. The lowest BCUT2D eigenvalue weighted by molar-refractivity contribution is 0.0725. The van der Waals surface area contributed by atoms with Crippen LogP contribution in [0.1, 0.15) is 12.8 Å². The summed E-state index contributed by atoms with van der Waals surface area (Å²) in [6.07, 6.45) is 4.75. The molecule has 2 saturated heterocycles. The average Bonchev–Trinajstić information content (AvgIpc) is 2.72. The largest absolute Gasteiger partial charge is 0.497 e. The van der Waals surface area contributed by atoms with Gasteiger partial charge in [-0.15, -0.1) is 0 Å². The summed E-state index contributed by atoms with van der Waals surface area (Å²) in [5, 5.41) is 0. The number of piperazine rings is 1. The van der Waals surface area contributed by atoms with Crippen molar-refractivity contribution >= 4 is 5.95 Å². The van der Waals surface area contributed by atoms with Crippen LogP contribution in [0.5, 0.6) is 11.5 Å². The summed E-state index contributed by atoms with van der Waals surface area (Å²) in [5.74, 6) is 2.43. The minimum absolute atomic E-state index is 0.395. The van der Waals surface area contributed by atoms with Crippen LogP contribution in [0.25, 0.3) is 0 Å². The van der Waals surface area contributed by atoms with Crippen molar-refractivity contribution in [2.45, 2.75) is 18.9 Å². The van der Waals surface area contributed by atoms with Crippen molar-refractivity contribution in [3.8, 4) is 11.5 Å². The molecule has 27 heavy (non-hydrogen) atoms. The molecule has 0 bridgehead atoms. The van der Waals surface area contributed by atoms with Crippen LogP contribution in [0.2, 0.25) is 0 Å². The lowest BCUT2D eigenvalue weighted by Gasteiger charge is -2.46. The Labute approximate surface area is 158 Å². The van der Waals surface area contributed by atoms with E-state index in [0.717, 1.165) is 57.1 Å². The van der Waals surface area contributed by atoms with E-state index in [4.69, 9.17) is 9.47 Å². The Morgan fingerprint density at radius 3 is 2.74 bits per heavy atom. The van der Waals surface area contributed by atoms with Crippen molar-refractivity contribution in [3.63, 3.8) is 0 Å². The van der Waals surface area contributed by atoms with E-state index >= 15 is 0 Å². The number of benzene rings is 1. The van der Waals surface area contributed by atoms with Crippen molar-refractivity contribution in [2.75, 3.05) is 44.8 Å². The first-order chi connectivity index (χ1) is 13.2. The second-order valence-corrected chi connectivity index (χ2v) is 7.23. The summed E-state index contributed by atoms with van der Waals surface area (Å²) in [5.41, 5.74) is 0. The molecule has 2 aromatic rings. The van der Waals surface area contributed by atoms with Crippen LogP contribution in [0.3, 0.4) is 0 Å². The third-order valence-electron chi connectivity index (χ3n) is 5.42. The van der Waals surface area contributed by atoms with Crippen LogP contribution in [0.15, 0.2) is 36.7 Å². The standard InChI is InChI=1S/C20H25FN4O2/c1-26-18-3-2-4-19(9-18)27-14-15-5-6-17-13-25(8-7-24(17)12-15)20-22-10-16(21)11-23-20/h2-4,9-11,15,17H,5-8,12-14H2,1H3/t15?,17-/m0/s1. The van der Waals surface area contributed by atoms with Crippen molar-refractivity contribution in [3.05, 3.63) is 42.5 Å². The summed E-state index contributed by atoms with van der Waals surface area (Å²) < 4.78 is 24.3. The first-order valence-electron chi connectivity index (χ1n) is 9.44. The number of halogens is 1. The van der Waals surface area contributed by atoms with E-state index in [-0.39, 0.29) is 0 Å². The highest BCUT2D eigenvalue weighted by atomic mass is 19.1. The molecule has 0 radical (unpaired) electrons. The topological polar surface area (TPSA) is 50.7 Å². The van der Waals surface area contributed by atoms with Gasteiger partial charge in [0.2, 0.25) is 5.95 Å². The SMILES string of the molecule is COc1cccc(OCC2CC[C@H]3CN(c4ncc(F)cn4)CCN3C2)c1. The Morgan fingerprint density at radius 1 is 1.11 bits per heavy atom. The fourth-order valence-corrected chi connectivity index (χ4v) is 3.95. The van der Waals surface area contributed by atoms with Crippen molar-refractivity contribution in [2.24, 2.45) is 5.92 Å². The van der Waals surface area contributed by atoms with Gasteiger partial charge in [-0.3, -0.25) is 4.90 Å². The lowest BCUT2D eigenvalue weighted by Crippen LogP contribution is -2.57. The minimum Gasteiger partial charge on any atom is -0.497 e. The number of hydrogen-bond donors (Lipinski definition) is 0. The molecule has 2 aliphatic heterocycles. The first-order valence-corrected chi connectivity index (χ1v) is 9.44. The van der Waals surface area contributed by atoms with Gasteiger partial charge >= 0.3 is 0 Å². The Hall–Kier alpha value is -2.41. The molecule has 4 rings (SSSR count). The molecule has 2 aliphatic rings. The zero-order valence-corrected chi connectivity index (χ0v) is 15.6. The molecule has 0 N–H and O–H groups in total. The molecule has 6 nitrogen and oxygen atoms in total. The van der Waals surface area contributed by atoms with Crippen LogP contribution in [0.4, 0.5) is 10.3 Å². The van der Waals surface area contributed by atoms with Gasteiger partial charge in [0, 0.05) is 44.2 Å². The van der Waals surface area contributed by atoms with Crippen LogP contribution in [-0.4, -0.2) is 60.8 Å². The smallest absolute Gasteiger partial charge is 0.225 e. The Kier molecular flexibility index (Phi) is 5.38. The van der Waals surface area contributed by atoms with Gasteiger partial charge in [-0.25, -0.2) is 14.4 Å². The van der Waals surface area contributed by atoms with Crippen molar-refractivity contribution < 1.29 is 13.9 Å². The third kappa shape index (κ3) is 4.30. The number of ether oxygens (including phenoxy) is 2. The number of fused-ring (bicyclic) bond motifs is 1. The van der Waals surface area contributed by atoms with E-state index in [2.05, 4.69) is 19.8 Å². The van der Waals surface area contributed by atoms with Gasteiger partial charge in [0.25, 0.3) is 0 Å². The monoisotopic (exact) mass is 372 g/mol. The number of aromatic nitrogens is 2. The molecule has 1 unspecified atom stereocenters. The van der Waals surface area contributed by atoms with E-state index in [1.165, 1.54) is 12.4 Å². The van der Waals surface area contributed by atoms with E-state index in [1.807, 2.05) is 24.3 Å². The number of rotatable bonds is 5. The summed E-state index contributed by atoms with van der Waals surface area (Å²) >= 11 is 0. The van der Waals surface area contributed by atoms with Gasteiger partial charge < -0.3 is 14.4 Å². The molecule has 1 aromatic carbocycles. The number of piperidine rings is 1. The van der Waals surface area contributed by atoms with Crippen LogP contribution in [0, 0.1) is 11.7 Å². The Morgan fingerprint density at radius 2 is 1.93 bits per heavy atom. The fourth-order valence-electron chi connectivity index (χ4n) is 3.95. The van der Waals surface area contributed by atoms with E-state index in [0.29, 0.717) is 17.9 Å². The molecule has 3 heterocycles. The van der Waals surface area contributed by atoms with Crippen LogP contribution < -0.4 is 14.4 Å². The normalized spacial score (nSPS) is 23.0. The first kappa shape index (κ1) is 18.0. The van der Waals surface area contributed by atoms with Gasteiger partial charge in [-0.1, -0.05) is 6.07 Å². The number of hydrogen-bond acceptors (Lipinski definition) is 6. The molecule has 1 aromatic heterocycles. The predicted molar refractivity (Wildman–Crippen MR) is 101 cm³/mol. The van der Waals surface area contributed by atoms with Gasteiger partial charge in [0.05, 0.1) is 26.1 Å². The maximum Gasteiger partial charge on any atom is 0.225 e. The fraction of sp³-hybridized carbons (Fsp3) is 0.500. The van der Waals surface area contributed by atoms with Gasteiger partial charge in [-0.05, 0) is 25.0 Å². The zero-order chi connectivity index (χ0) is 18.6. The molecule has 2 atom stereocenters. The second-order valence-electron chi connectivity index (χ2n) is 7.23. The molecule has 0 saturated carbocycles. The number of anilines is 1. The summed E-state index contributed by atoms with van der Waals surface area (Å²) in [6.45, 7) is 4.51. The van der Waals surface area contributed by atoms with Crippen LogP contribution in [-0.2, 0) is 0 Å². The van der Waals surface area contributed by atoms with Gasteiger partial charge in [0.1, 0.15) is 11.5 Å². The lowest BCUT2D eigenvalue weighted by atomic mass is 9.91. The maximum absolute atomic E-state index is 13.0. The molecular formula is C20H25FN4O2. The quantitative estimate of drug-likeness (QED) is 0.804. The number of nitrogens with zero attached hydrogens (tertiary/aromatic N) is 4. The third-order valence-corrected chi connectivity index (χ3v) is 5.42. The molecule has 0 aliphatic carbocycles. The average molecular weight is 372 g/mol.